The molecule has 0 amide bonds. The van der Waals surface area contributed by atoms with Crippen molar-refractivity contribution in [2.24, 2.45) is 0 Å². The second-order valence-electron chi connectivity index (χ2n) is 3.23. The van der Waals surface area contributed by atoms with Gasteiger partial charge in [0.05, 0.1) is 12.0 Å². The van der Waals surface area contributed by atoms with Gasteiger partial charge in [0.2, 0.25) is 5.75 Å². The molecule has 0 aliphatic carbocycles. The van der Waals surface area contributed by atoms with Crippen LogP contribution >= 0.6 is 0 Å². The lowest BCUT2D eigenvalue weighted by Gasteiger charge is -2.09. The Balaban J connectivity index is 3.51. The van der Waals surface area contributed by atoms with Crippen LogP contribution in [0.2, 0.25) is 0 Å². The summed E-state index contributed by atoms with van der Waals surface area (Å²) in [7, 11) is 1.15. The van der Waals surface area contributed by atoms with Gasteiger partial charge in [0, 0.05) is 11.6 Å². The molecule has 0 aromatic heterocycles. The molecule has 0 bridgehead atoms. The van der Waals surface area contributed by atoms with Crippen LogP contribution in [-0.4, -0.2) is 28.2 Å². The fourth-order valence-electron chi connectivity index (χ4n) is 1.37. The van der Waals surface area contributed by atoms with Gasteiger partial charge in [-0.05, 0) is 6.07 Å². The van der Waals surface area contributed by atoms with Gasteiger partial charge in [-0.25, -0.2) is 4.79 Å². The molecule has 0 aliphatic heterocycles. The third kappa shape index (κ3) is 2.36. The van der Waals surface area contributed by atoms with Crippen molar-refractivity contribution < 1.29 is 24.7 Å². The standard InChI is InChI=1S/C10H8N2O6/c1-18-9-6(4-11)2-5(8(13)10(14)15)3-7(9)12(16)17/h2-3,8,13H,1H3,(H,14,15). The lowest BCUT2D eigenvalue weighted by molar-refractivity contribution is -0.385. The minimum atomic E-state index is -1.94. The number of rotatable bonds is 4. The van der Waals surface area contributed by atoms with E-state index in [2.05, 4.69) is 0 Å². The average Bonchev–Trinajstić information content (AvgIpc) is 2.35. The number of nitro groups is 1. The van der Waals surface area contributed by atoms with Crippen LogP contribution < -0.4 is 4.74 Å². The van der Waals surface area contributed by atoms with E-state index in [0.29, 0.717) is 0 Å². The monoisotopic (exact) mass is 252 g/mol. The Morgan fingerprint density at radius 3 is 2.61 bits per heavy atom. The average molecular weight is 252 g/mol. The number of methoxy groups -OCH3 is 1. The van der Waals surface area contributed by atoms with E-state index in [0.717, 1.165) is 19.2 Å². The van der Waals surface area contributed by atoms with Gasteiger partial charge in [-0.15, -0.1) is 0 Å². The summed E-state index contributed by atoms with van der Waals surface area (Å²) in [6.07, 6.45) is -1.94. The SMILES string of the molecule is COc1c(C#N)cc(C(O)C(=O)O)cc1[N+](=O)[O-]. The van der Waals surface area contributed by atoms with E-state index in [9.17, 15) is 20.0 Å². The van der Waals surface area contributed by atoms with Crippen molar-refractivity contribution in [1.82, 2.24) is 0 Å². The largest absolute Gasteiger partial charge is 0.489 e. The van der Waals surface area contributed by atoms with E-state index >= 15 is 0 Å². The summed E-state index contributed by atoms with van der Waals surface area (Å²) in [6.45, 7) is 0. The third-order valence-corrected chi connectivity index (χ3v) is 2.16. The zero-order valence-electron chi connectivity index (χ0n) is 9.15. The maximum Gasteiger partial charge on any atom is 0.337 e. The summed E-state index contributed by atoms with van der Waals surface area (Å²) in [5, 5.41) is 37.5. The molecular formula is C10H8N2O6. The highest BCUT2D eigenvalue weighted by Crippen LogP contribution is 2.33. The molecule has 1 atom stereocenters. The van der Waals surface area contributed by atoms with Crippen LogP contribution in [0.3, 0.4) is 0 Å². The first-order valence-corrected chi connectivity index (χ1v) is 4.59. The molecule has 0 saturated carbocycles. The summed E-state index contributed by atoms with van der Waals surface area (Å²) in [5.74, 6) is -1.85. The second kappa shape index (κ2) is 5.11. The van der Waals surface area contributed by atoms with Crippen molar-refractivity contribution in [1.29, 1.82) is 5.26 Å². The van der Waals surface area contributed by atoms with Crippen LogP contribution in [0.15, 0.2) is 12.1 Å². The first-order valence-electron chi connectivity index (χ1n) is 4.59. The highest BCUT2D eigenvalue weighted by Gasteiger charge is 2.25. The number of nitro benzene ring substituents is 1. The Morgan fingerprint density at radius 2 is 2.22 bits per heavy atom. The van der Waals surface area contributed by atoms with Gasteiger partial charge < -0.3 is 14.9 Å². The fourth-order valence-corrected chi connectivity index (χ4v) is 1.37. The van der Waals surface area contributed by atoms with E-state index in [1.807, 2.05) is 0 Å². The van der Waals surface area contributed by atoms with Crippen LogP contribution in [0, 0.1) is 21.4 Å². The Labute approximate surface area is 101 Å². The molecule has 1 aromatic rings. The van der Waals surface area contributed by atoms with E-state index in [-0.39, 0.29) is 16.9 Å². The maximum atomic E-state index is 10.8. The second-order valence-corrected chi connectivity index (χ2v) is 3.23. The first kappa shape index (κ1) is 13.4. The molecule has 0 aliphatic rings. The predicted octanol–water partition coefficient (Wildman–Crippen LogP) is 0.593. The van der Waals surface area contributed by atoms with Crippen molar-refractivity contribution in [2.75, 3.05) is 7.11 Å². The smallest absolute Gasteiger partial charge is 0.337 e. The van der Waals surface area contributed by atoms with Crippen LogP contribution in [0.25, 0.3) is 0 Å². The summed E-state index contributed by atoms with van der Waals surface area (Å²) in [4.78, 5) is 20.6. The first-order chi connectivity index (χ1) is 8.42. The number of aliphatic hydroxyl groups is 1. The topological polar surface area (TPSA) is 134 Å². The third-order valence-electron chi connectivity index (χ3n) is 2.16. The molecule has 2 N–H and O–H groups in total. The highest BCUT2D eigenvalue weighted by molar-refractivity contribution is 5.75. The summed E-state index contributed by atoms with van der Waals surface area (Å²) < 4.78 is 4.73. The minimum absolute atomic E-state index is 0.220. The Hall–Kier alpha value is -2.66. The van der Waals surface area contributed by atoms with Gasteiger partial charge in [-0.3, -0.25) is 10.1 Å². The van der Waals surface area contributed by atoms with Gasteiger partial charge in [0.15, 0.2) is 6.10 Å². The van der Waals surface area contributed by atoms with Crippen molar-refractivity contribution >= 4 is 11.7 Å². The minimum Gasteiger partial charge on any atom is -0.489 e. The van der Waals surface area contributed by atoms with E-state index in [1.165, 1.54) is 0 Å². The summed E-state index contributed by atoms with van der Waals surface area (Å²) in [5.41, 5.74) is -1.06. The van der Waals surface area contributed by atoms with E-state index in [4.69, 9.17) is 15.1 Å². The maximum absolute atomic E-state index is 10.8. The highest BCUT2D eigenvalue weighted by atomic mass is 16.6. The quantitative estimate of drug-likeness (QED) is 0.591. The summed E-state index contributed by atoms with van der Waals surface area (Å²) in [6, 6.07) is 3.53. The Bertz CT molecular complexity index is 548. The van der Waals surface area contributed by atoms with E-state index in [1.54, 1.807) is 6.07 Å². The molecule has 8 nitrogen and oxygen atoms in total. The Morgan fingerprint density at radius 1 is 1.61 bits per heavy atom. The zero-order chi connectivity index (χ0) is 13.9. The number of hydrogen-bond acceptors (Lipinski definition) is 6. The molecule has 18 heavy (non-hydrogen) atoms. The number of carboxylic acids is 1. The van der Waals surface area contributed by atoms with Crippen molar-refractivity contribution in [3.8, 4) is 11.8 Å². The number of nitriles is 1. The normalized spacial score (nSPS) is 11.4. The molecule has 1 aromatic carbocycles. The molecule has 0 fully saturated rings. The van der Waals surface area contributed by atoms with Crippen molar-refractivity contribution in [3.05, 3.63) is 33.4 Å². The lowest BCUT2D eigenvalue weighted by atomic mass is 10.0. The zero-order valence-corrected chi connectivity index (χ0v) is 9.15. The Kier molecular flexibility index (Phi) is 3.81. The van der Waals surface area contributed by atoms with Crippen LogP contribution in [0.4, 0.5) is 5.69 Å². The van der Waals surface area contributed by atoms with Gasteiger partial charge in [-0.2, -0.15) is 5.26 Å². The molecule has 0 radical (unpaired) electrons. The lowest BCUT2D eigenvalue weighted by Crippen LogP contribution is -2.11. The number of carbonyl (C=O) groups is 1. The van der Waals surface area contributed by atoms with Crippen LogP contribution in [0.5, 0.6) is 5.75 Å². The number of aliphatic hydroxyl groups excluding tert-OH is 1. The molecule has 0 heterocycles. The number of hydrogen-bond donors (Lipinski definition) is 2. The number of nitrogens with zero attached hydrogens (tertiary/aromatic N) is 2. The number of carboxylic acid groups (broad SMARTS) is 1. The van der Waals surface area contributed by atoms with Gasteiger partial charge >= 0.3 is 11.7 Å². The van der Waals surface area contributed by atoms with Crippen molar-refractivity contribution in [2.45, 2.75) is 6.10 Å². The predicted molar refractivity (Wildman–Crippen MR) is 57.0 cm³/mol. The molecule has 1 rings (SSSR count). The van der Waals surface area contributed by atoms with Gasteiger partial charge in [-0.1, -0.05) is 0 Å². The van der Waals surface area contributed by atoms with Crippen LogP contribution in [0.1, 0.15) is 17.2 Å². The van der Waals surface area contributed by atoms with E-state index < -0.39 is 22.7 Å². The van der Waals surface area contributed by atoms with Crippen LogP contribution in [-0.2, 0) is 4.79 Å². The molecular weight excluding hydrogens is 244 g/mol. The van der Waals surface area contributed by atoms with Crippen molar-refractivity contribution in [3.63, 3.8) is 0 Å². The molecule has 94 valence electrons. The van der Waals surface area contributed by atoms with Gasteiger partial charge in [0.1, 0.15) is 11.6 Å². The molecule has 8 heteroatoms. The number of benzene rings is 1. The molecule has 1 unspecified atom stereocenters. The van der Waals surface area contributed by atoms with Gasteiger partial charge in [0.25, 0.3) is 0 Å². The number of aliphatic carboxylic acids is 1. The molecule has 0 spiro atoms. The fraction of sp³-hybridized carbons (Fsp3) is 0.200. The molecule has 0 saturated heterocycles. The summed E-state index contributed by atoms with van der Waals surface area (Å²) >= 11 is 0. The number of ether oxygens (including phenoxy) is 1.